The van der Waals surface area contributed by atoms with Crippen LogP contribution in [0.15, 0.2) is 41.9 Å². The highest BCUT2D eigenvalue weighted by atomic mass is 32.1. The zero-order chi connectivity index (χ0) is 26.2. The number of aromatic nitrogens is 1. The lowest BCUT2D eigenvalue weighted by atomic mass is 10.0. The summed E-state index contributed by atoms with van der Waals surface area (Å²) in [7, 11) is 0. The van der Waals surface area contributed by atoms with Crippen LogP contribution < -0.4 is 0 Å². The number of hydrogen-bond acceptors (Lipinski definition) is 6. The van der Waals surface area contributed by atoms with Gasteiger partial charge in [-0.3, -0.25) is 14.8 Å². The number of carboxylic acids is 2. The topological polar surface area (TPSA) is 94.0 Å². The quantitative estimate of drug-likeness (QED) is 0.582. The molecule has 2 aromatic rings. The highest BCUT2D eigenvalue weighted by Gasteiger charge is 2.40. The molecule has 194 valence electrons. The second-order valence-electron chi connectivity index (χ2n) is 7.91. The smallest absolute Gasteiger partial charge is 0.475 e. The first-order valence-corrected chi connectivity index (χ1v) is 11.1. The van der Waals surface area contributed by atoms with E-state index < -0.39 is 24.3 Å². The molecule has 2 fully saturated rings. The molecule has 2 saturated heterocycles. The van der Waals surface area contributed by atoms with E-state index in [0.717, 1.165) is 24.9 Å². The summed E-state index contributed by atoms with van der Waals surface area (Å²) in [6.07, 6.45) is -8.27. The number of rotatable bonds is 4. The highest BCUT2D eigenvalue weighted by Crippen LogP contribution is 2.32. The van der Waals surface area contributed by atoms with Crippen molar-refractivity contribution in [3.05, 3.63) is 52.5 Å². The zero-order valence-electron chi connectivity index (χ0n) is 18.2. The minimum Gasteiger partial charge on any atom is -0.475 e. The van der Waals surface area contributed by atoms with Crippen molar-refractivity contribution in [1.29, 1.82) is 0 Å². The molecule has 0 aliphatic carbocycles. The van der Waals surface area contributed by atoms with Gasteiger partial charge in [0.05, 0.1) is 5.69 Å². The molecule has 2 N–H and O–H groups in total. The molecule has 2 atom stereocenters. The number of nitrogens with zero attached hydrogens (tertiary/aromatic N) is 3. The molecule has 0 aromatic carbocycles. The standard InChI is InChI=1S/C17H21N3S.2C2HF3O2/c1-2-6-18-16(4-1)12-19-8-14-10-20(11-15(14)9-19)13-17-5-3-7-21-17;2*3-2(4,5)1(6)7/h1-7,14-15H,8-13H2;2*(H,6,7). The van der Waals surface area contributed by atoms with Crippen molar-refractivity contribution in [1.82, 2.24) is 14.8 Å². The molecule has 4 rings (SSSR count). The molecule has 4 heterocycles. The maximum atomic E-state index is 10.6. The van der Waals surface area contributed by atoms with E-state index in [9.17, 15) is 26.3 Å². The Balaban J connectivity index is 0.000000257. The van der Waals surface area contributed by atoms with Gasteiger partial charge in [-0.15, -0.1) is 11.3 Å². The summed E-state index contributed by atoms with van der Waals surface area (Å²) in [5.74, 6) is -3.80. The average Bonchev–Trinajstić information content (AvgIpc) is 3.46. The van der Waals surface area contributed by atoms with E-state index in [0.29, 0.717) is 0 Å². The van der Waals surface area contributed by atoms with Gasteiger partial charge in [-0.2, -0.15) is 26.3 Å². The van der Waals surface area contributed by atoms with Gasteiger partial charge in [-0.1, -0.05) is 12.1 Å². The first-order valence-electron chi connectivity index (χ1n) is 10.2. The van der Waals surface area contributed by atoms with Gasteiger partial charge in [0, 0.05) is 50.3 Å². The molecule has 35 heavy (non-hydrogen) atoms. The Hall–Kier alpha value is -2.71. The monoisotopic (exact) mass is 527 g/mol. The number of alkyl halides is 6. The molecule has 0 bridgehead atoms. The van der Waals surface area contributed by atoms with Gasteiger partial charge < -0.3 is 10.2 Å². The third kappa shape index (κ3) is 9.82. The van der Waals surface area contributed by atoms with Crippen LogP contribution in [0.5, 0.6) is 0 Å². The number of fused-ring (bicyclic) bond motifs is 1. The first-order chi connectivity index (χ1) is 16.3. The molecule has 2 unspecified atom stereocenters. The molecule has 0 radical (unpaired) electrons. The van der Waals surface area contributed by atoms with Gasteiger partial charge in [0.1, 0.15) is 0 Å². The van der Waals surface area contributed by atoms with Crippen molar-refractivity contribution in [3.63, 3.8) is 0 Å². The lowest BCUT2D eigenvalue weighted by molar-refractivity contribution is -0.193. The van der Waals surface area contributed by atoms with Gasteiger partial charge in [0.2, 0.25) is 0 Å². The molecule has 2 aliphatic heterocycles. The third-order valence-electron chi connectivity index (χ3n) is 5.19. The molecule has 7 nitrogen and oxygen atoms in total. The highest BCUT2D eigenvalue weighted by molar-refractivity contribution is 7.09. The van der Waals surface area contributed by atoms with E-state index in [4.69, 9.17) is 19.8 Å². The normalized spacial score (nSPS) is 20.3. The van der Waals surface area contributed by atoms with Crippen molar-refractivity contribution in [3.8, 4) is 0 Å². The summed E-state index contributed by atoms with van der Waals surface area (Å²) in [5, 5.41) is 16.4. The number of likely N-dealkylation sites (tertiary alicyclic amines) is 2. The molecule has 2 aliphatic rings. The van der Waals surface area contributed by atoms with Gasteiger partial charge in [-0.25, -0.2) is 9.59 Å². The zero-order valence-corrected chi connectivity index (χ0v) is 19.0. The Morgan fingerprint density at radius 2 is 1.34 bits per heavy atom. The van der Waals surface area contributed by atoms with Gasteiger partial charge >= 0.3 is 24.3 Å². The van der Waals surface area contributed by atoms with E-state index in [2.05, 4.69) is 44.4 Å². The number of aliphatic carboxylic acids is 2. The van der Waals surface area contributed by atoms with Gasteiger partial charge in [-0.05, 0) is 35.4 Å². The average molecular weight is 527 g/mol. The number of hydrogen-bond donors (Lipinski definition) is 2. The summed E-state index contributed by atoms with van der Waals surface area (Å²) in [4.78, 5) is 29.0. The minimum atomic E-state index is -5.08. The lowest BCUT2D eigenvalue weighted by Gasteiger charge is -2.20. The molecule has 2 aromatic heterocycles. The van der Waals surface area contributed by atoms with E-state index in [1.165, 1.54) is 36.8 Å². The Morgan fingerprint density at radius 3 is 1.71 bits per heavy atom. The maximum absolute atomic E-state index is 10.6. The predicted octanol–water partition coefficient (Wildman–Crippen LogP) is 3.97. The third-order valence-corrected chi connectivity index (χ3v) is 6.05. The van der Waals surface area contributed by atoms with E-state index in [-0.39, 0.29) is 0 Å². The van der Waals surface area contributed by atoms with Crippen molar-refractivity contribution >= 4 is 23.3 Å². The largest absolute Gasteiger partial charge is 0.490 e. The summed E-state index contributed by atoms with van der Waals surface area (Å²) in [6, 6.07) is 10.6. The number of carboxylic acid groups (broad SMARTS) is 2. The second kappa shape index (κ2) is 12.3. The van der Waals surface area contributed by atoms with Crippen molar-refractivity contribution < 1.29 is 46.1 Å². The van der Waals surface area contributed by atoms with Crippen LogP contribution in [0.25, 0.3) is 0 Å². The fraction of sp³-hybridized carbons (Fsp3) is 0.476. The van der Waals surface area contributed by atoms with Crippen LogP contribution in [0.1, 0.15) is 10.6 Å². The Kier molecular flexibility index (Phi) is 10.0. The van der Waals surface area contributed by atoms with Crippen LogP contribution in [0, 0.1) is 11.8 Å². The molecule has 0 spiro atoms. The summed E-state index contributed by atoms with van der Waals surface area (Å²) >= 11 is 1.88. The van der Waals surface area contributed by atoms with Crippen LogP contribution in [-0.2, 0) is 22.7 Å². The second-order valence-corrected chi connectivity index (χ2v) is 8.95. The SMILES string of the molecule is O=C(O)C(F)(F)F.O=C(O)C(F)(F)F.c1ccc(CN2CC3CN(Cc4cccs4)CC3C2)nc1. The number of halogens is 6. The molecular weight excluding hydrogens is 504 g/mol. The first kappa shape index (κ1) is 28.5. The van der Waals surface area contributed by atoms with Gasteiger partial charge in [0.15, 0.2) is 0 Å². The number of pyridine rings is 1. The fourth-order valence-electron chi connectivity index (χ4n) is 3.79. The Bertz CT molecular complexity index is 903. The molecule has 0 amide bonds. The minimum absolute atomic E-state index is 0.855. The summed E-state index contributed by atoms with van der Waals surface area (Å²) in [6.45, 7) is 7.16. The van der Waals surface area contributed by atoms with E-state index in [1.54, 1.807) is 0 Å². The molecule has 0 saturated carbocycles. The van der Waals surface area contributed by atoms with E-state index in [1.807, 2.05) is 23.6 Å². The van der Waals surface area contributed by atoms with Crippen LogP contribution in [0.3, 0.4) is 0 Å². The molecule has 14 heteroatoms. The maximum Gasteiger partial charge on any atom is 0.490 e. The number of carbonyl (C=O) groups is 2. The summed E-state index contributed by atoms with van der Waals surface area (Å²) in [5.41, 5.74) is 1.20. The van der Waals surface area contributed by atoms with Crippen LogP contribution in [0.4, 0.5) is 26.3 Å². The molecular formula is C21H23F6N3O4S. The van der Waals surface area contributed by atoms with Crippen LogP contribution in [-0.4, -0.2) is 75.5 Å². The summed E-state index contributed by atoms with van der Waals surface area (Å²) < 4.78 is 63.5. The fourth-order valence-corrected chi connectivity index (χ4v) is 4.54. The van der Waals surface area contributed by atoms with Gasteiger partial charge in [0.25, 0.3) is 0 Å². The van der Waals surface area contributed by atoms with Crippen molar-refractivity contribution in [2.45, 2.75) is 25.4 Å². The van der Waals surface area contributed by atoms with E-state index >= 15 is 0 Å². The van der Waals surface area contributed by atoms with Crippen molar-refractivity contribution in [2.75, 3.05) is 26.2 Å². The number of thiophene rings is 1. The van der Waals surface area contributed by atoms with Crippen molar-refractivity contribution in [2.24, 2.45) is 11.8 Å². The lowest BCUT2D eigenvalue weighted by Crippen LogP contribution is -2.28. The predicted molar refractivity (Wildman–Crippen MR) is 113 cm³/mol. The Morgan fingerprint density at radius 1 is 0.857 bits per heavy atom. The van der Waals surface area contributed by atoms with Crippen LogP contribution in [0.2, 0.25) is 0 Å². The Labute approximate surface area is 200 Å². The van der Waals surface area contributed by atoms with Crippen LogP contribution >= 0.6 is 11.3 Å².